The molecule has 2 heterocycles. The van der Waals surface area contributed by atoms with E-state index in [2.05, 4.69) is 15.7 Å². The quantitative estimate of drug-likeness (QED) is 0.678. The number of benzene rings is 1. The zero-order valence-corrected chi connectivity index (χ0v) is 17.2. The topological polar surface area (TPSA) is 117 Å². The fourth-order valence-electron chi connectivity index (χ4n) is 3.44. The lowest BCUT2D eigenvalue weighted by molar-refractivity contribution is 0.0676. The highest BCUT2D eigenvalue weighted by Gasteiger charge is 2.37. The first-order valence-electron chi connectivity index (χ1n) is 9.51. The van der Waals surface area contributed by atoms with Crippen LogP contribution in [0.1, 0.15) is 56.8 Å². The van der Waals surface area contributed by atoms with Gasteiger partial charge in [0.1, 0.15) is 5.82 Å². The maximum Gasteiger partial charge on any atom is 0.275 e. The number of amides is 3. The Morgan fingerprint density at radius 1 is 1.33 bits per heavy atom. The zero-order valence-electron chi connectivity index (χ0n) is 17.2. The minimum atomic E-state index is -0.709. The molecule has 1 aromatic carbocycles. The van der Waals surface area contributed by atoms with Crippen LogP contribution in [0, 0.1) is 11.7 Å². The van der Waals surface area contributed by atoms with E-state index in [4.69, 9.17) is 0 Å². The molecular formula is C20H24FN5O4. The van der Waals surface area contributed by atoms with Crippen LogP contribution in [0.3, 0.4) is 0 Å². The van der Waals surface area contributed by atoms with E-state index in [1.165, 1.54) is 28.8 Å². The third-order valence-corrected chi connectivity index (χ3v) is 5.18. The van der Waals surface area contributed by atoms with Crippen molar-refractivity contribution in [1.82, 2.24) is 25.3 Å². The van der Waals surface area contributed by atoms with Crippen molar-refractivity contribution in [2.75, 3.05) is 20.6 Å². The Morgan fingerprint density at radius 3 is 2.67 bits per heavy atom. The van der Waals surface area contributed by atoms with Crippen LogP contribution < -0.4 is 10.6 Å². The van der Waals surface area contributed by atoms with Gasteiger partial charge in [0.05, 0.1) is 6.04 Å². The number of rotatable bonds is 5. The van der Waals surface area contributed by atoms with Crippen molar-refractivity contribution in [3.63, 3.8) is 0 Å². The molecule has 9 nitrogen and oxygen atoms in total. The third-order valence-electron chi connectivity index (χ3n) is 5.18. The van der Waals surface area contributed by atoms with Crippen LogP contribution in [0.5, 0.6) is 5.75 Å². The Kier molecular flexibility index (Phi) is 5.77. The van der Waals surface area contributed by atoms with Crippen molar-refractivity contribution in [3.05, 3.63) is 46.5 Å². The van der Waals surface area contributed by atoms with Crippen molar-refractivity contribution in [2.24, 2.45) is 5.92 Å². The second-order valence-corrected chi connectivity index (χ2v) is 7.55. The molecule has 0 radical (unpaired) electrons. The fraction of sp³-hybridized carbons (Fsp3) is 0.400. The van der Waals surface area contributed by atoms with Gasteiger partial charge in [0.15, 0.2) is 17.1 Å². The molecule has 3 amide bonds. The van der Waals surface area contributed by atoms with E-state index in [-0.39, 0.29) is 35.5 Å². The maximum atomic E-state index is 13.5. The molecule has 3 rings (SSSR count). The molecule has 0 saturated heterocycles. The molecule has 3 N–H and O–H groups in total. The lowest BCUT2D eigenvalue weighted by Gasteiger charge is -2.33. The molecule has 2 aromatic rings. The van der Waals surface area contributed by atoms with Gasteiger partial charge < -0.3 is 20.6 Å². The number of nitrogens with zero attached hydrogens (tertiary/aromatic N) is 3. The summed E-state index contributed by atoms with van der Waals surface area (Å²) in [6.45, 7) is 4.25. The number of hydrogen-bond acceptors (Lipinski definition) is 5. The molecule has 1 unspecified atom stereocenters. The molecule has 0 spiro atoms. The molecule has 0 bridgehead atoms. The van der Waals surface area contributed by atoms with Crippen LogP contribution in [0.25, 0.3) is 0 Å². The number of aromatic hydroxyl groups is 1. The monoisotopic (exact) mass is 417 g/mol. The van der Waals surface area contributed by atoms with E-state index >= 15 is 0 Å². The van der Waals surface area contributed by atoms with Crippen LogP contribution in [0.2, 0.25) is 0 Å². The molecule has 30 heavy (non-hydrogen) atoms. The van der Waals surface area contributed by atoms with Crippen LogP contribution >= 0.6 is 0 Å². The van der Waals surface area contributed by atoms with Gasteiger partial charge >= 0.3 is 0 Å². The summed E-state index contributed by atoms with van der Waals surface area (Å²) in [6.07, 6.45) is 0. The van der Waals surface area contributed by atoms with Crippen molar-refractivity contribution >= 4 is 17.7 Å². The van der Waals surface area contributed by atoms with Crippen molar-refractivity contribution in [2.45, 2.75) is 26.4 Å². The van der Waals surface area contributed by atoms with Crippen molar-refractivity contribution in [1.29, 1.82) is 0 Å². The summed E-state index contributed by atoms with van der Waals surface area (Å²) in [5, 5.41) is 19.7. The van der Waals surface area contributed by atoms with Gasteiger partial charge in [-0.2, -0.15) is 5.10 Å². The number of fused-ring (bicyclic) bond motifs is 1. The highest BCUT2D eigenvalue weighted by molar-refractivity contribution is 6.02. The van der Waals surface area contributed by atoms with Crippen LogP contribution in [-0.2, 0) is 6.54 Å². The lowest BCUT2D eigenvalue weighted by Crippen LogP contribution is -2.42. The molecule has 1 atom stereocenters. The first kappa shape index (κ1) is 21.3. The van der Waals surface area contributed by atoms with Gasteiger partial charge in [0, 0.05) is 32.7 Å². The summed E-state index contributed by atoms with van der Waals surface area (Å²) >= 11 is 0. The number of likely N-dealkylation sites (N-methyl/N-ethyl adjacent to an activating group) is 1. The first-order valence-corrected chi connectivity index (χ1v) is 9.51. The van der Waals surface area contributed by atoms with Gasteiger partial charge in [-0.15, -0.1) is 0 Å². The predicted molar refractivity (Wildman–Crippen MR) is 106 cm³/mol. The fourth-order valence-corrected chi connectivity index (χ4v) is 3.44. The number of carbonyl (C=O) groups excluding carboxylic acids is 3. The van der Waals surface area contributed by atoms with Gasteiger partial charge in [0.2, 0.25) is 0 Å². The number of nitrogens with one attached hydrogen (secondary N) is 2. The Bertz CT molecular complexity index is 1020. The summed E-state index contributed by atoms with van der Waals surface area (Å²) in [5.41, 5.74) is 0.176. The average molecular weight is 417 g/mol. The minimum Gasteiger partial charge on any atom is -0.504 e. The Hall–Kier alpha value is -3.43. The Labute approximate surface area is 172 Å². The summed E-state index contributed by atoms with van der Waals surface area (Å²) in [5.74, 6) is -2.57. The Balaban J connectivity index is 1.88. The van der Waals surface area contributed by atoms with Crippen molar-refractivity contribution < 1.29 is 23.9 Å². The summed E-state index contributed by atoms with van der Waals surface area (Å²) in [6, 6.07) is 3.47. The third kappa shape index (κ3) is 3.72. The predicted octanol–water partition coefficient (Wildman–Crippen LogP) is 1.30. The second-order valence-electron chi connectivity index (χ2n) is 7.55. The average Bonchev–Trinajstić information content (AvgIpc) is 3.06. The van der Waals surface area contributed by atoms with E-state index in [0.717, 1.165) is 6.07 Å². The molecule has 0 aliphatic carbocycles. The normalized spacial score (nSPS) is 15.9. The number of aromatic nitrogens is 2. The minimum absolute atomic E-state index is 0.0274. The van der Waals surface area contributed by atoms with Crippen LogP contribution in [0.4, 0.5) is 4.39 Å². The largest absolute Gasteiger partial charge is 0.504 e. The van der Waals surface area contributed by atoms with E-state index in [1.807, 2.05) is 13.8 Å². The standard InChI is InChI=1S/C20H24FN5O4/c1-10(2)14-9-25(4)20(30)16-17(27)15(24-26(14)16)19(29)23-8-11-5-6-12(21)7-13(11)18(28)22-3/h5-7,10,14,27H,8-9H2,1-4H3,(H,22,28)(H,23,29). The molecule has 1 aromatic heterocycles. The number of halogens is 1. The summed E-state index contributed by atoms with van der Waals surface area (Å²) < 4.78 is 14.9. The smallest absolute Gasteiger partial charge is 0.275 e. The van der Waals surface area contributed by atoms with E-state index in [0.29, 0.717) is 12.1 Å². The number of hydrogen-bond donors (Lipinski definition) is 3. The molecule has 160 valence electrons. The van der Waals surface area contributed by atoms with Gasteiger partial charge in [-0.3, -0.25) is 19.1 Å². The van der Waals surface area contributed by atoms with Gasteiger partial charge in [-0.05, 0) is 23.6 Å². The highest BCUT2D eigenvalue weighted by Crippen LogP contribution is 2.33. The van der Waals surface area contributed by atoms with Gasteiger partial charge in [0.25, 0.3) is 17.7 Å². The summed E-state index contributed by atoms with van der Waals surface area (Å²) in [4.78, 5) is 38.6. The Morgan fingerprint density at radius 2 is 2.03 bits per heavy atom. The maximum absolute atomic E-state index is 13.5. The molecule has 0 saturated carbocycles. The molecule has 10 heteroatoms. The number of carbonyl (C=O) groups is 3. The van der Waals surface area contributed by atoms with Crippen LogP contribution in [0.15, 0.2) is 18.2 Å². The van der Waals surface area contributed by atoms with Gasteiger partial charge in [-0.1, -0.05) is 19.9 Å². The van der Waals surface area contributed by atoms with E-state index in [9.17, 15) is 23.9 Å². The van der Waals surface area contributed by atoms with E-state index in [1.54, 1.807) is 7.05 Å². The first-order chi connectivity index (χ1) is 14.1. The van der Waals surface area contributed by atoms with E-state index < -0.39 is 29.3 Å². The SMILES string of the molecule is CNC(=O)c1cc(F)ccc1CNC(=O)c1nn2c(c1O)C(=O)N(C)CC2C(C)C. The molecule has 0 fully saturated rings. The van der Waals surface area contributed by atoms with Crippen molar-refractivity contribution in [3.8, 4) is 5.75 Å². The highest BCUT2D eigenvalue weighted by atomic mass is 19.1. The molecule has 1 aliphatic rings. The lowest BCUT2D eigenvalue weighted by atomic mass is 10.0. The molecular weight excluding hydrogens is 393 g/mol. The van der Waals surface area contributed by atoms with Gasteiger partial charge in [-0.25, -0.2) is 4.39 Å². The van der Waals surface area contributed by atoms with Crippen LogP contribution in [-0.4, -0.2) is 58.1 Å². The summed E-state index contributed by atoms with van der Waals surface area (Å²) in [7, 11) is 3.05. The molecule has 1 aliphatic heterocycles. The second kappa shape index (κ2) is 8.13. The zero-order chi connectivity index (χ0) is 22.2.